The van der Waals surface area contributed by atoms with E-state index in [0.29, 0.717) is 6.42 Å². The molecule has 1 heterocycles. The van der Waals surface area contributed by atoms with Gasteiger partial charge in [0.05, 0.1) is 24.2 Å². The molecule has 2 fully saturated rings. The predicted molar refractivity (Wildman–Crippen MR) is 149 cm³/mol. The second kappa shape index (κ2) is 10.8. The van der Waals surface area contributed by atoms with Crippen LogP contribution in [0.2, 0.25) is 18.1 Å². The van der Waals surface area contributed by atoms with Gasteiger partial charge in [0.15, 0.2) is 8.32 Å². The van der Waals surface area contributed by atoms with Crippen molar-refractivity contribution in [2.75, 3.05) is 0 Å². The molecule has 2 rings (SSSR count). The predicted octanol–water partition coefficient (Wildman–Crippen LogP) is 6.63. The maximum absolute atomic E-state index is 13.2. The molecule has 0 spiro atoms. The number of carbonyl (C=O) groups is 1. The number of nitrogens with zero attached hydrogens (tertiary/aromatic N) is 1. The molecule has 0 aromatic rings. The summed E-state index contributed by atoms with van der Waals surface area (Å²) in [6.07, 6.45) is 6.62. The molecule has 0 radical (unpaired) electrons. The van der Waals surface area contributed by atoms with Crippen LogP contribution in [0.15, 0.2) is 12.2 Å². The van der Waals surface area contributed by atoms with Gasteiger partial charge in [0, 0.05) is 17.0 Å². The molecule has 36 heavy (non-hydrogen) atoms. The first kappa shape index (κ1) is 31.5. The molecule has 0 bridgehead atoms. The molecule has 0 aromatic carbocycles. The van der Waals surface area contributed by atoms with E-state index in [1.54, 1.807) is 0 Å². The summed E-state index contributed by atoms with van der Waals surface area (Å²) in [4.78, 5) is 19.7. The number of esters is 1. The van der Waals surface area contributed by atoms with Crippen LogP contribution < -0.4 is 0 Å². The first-order valence-corrected chi connectivity index (χ1v) is 16.7. The first-order chi connectivity index (χ1) is 16.1. The highest BCUT2D eigenvalue weighted by Crippen LogP contribution is 2.44. The van der Waals surface area contributed by atoms with Crippen LogP contribution in [0.25, 0.3) is 0 Å². The Morgan fingerprint density at radius 2 is 1.58 bits per heavy atom. The molecule has 5 atom stereocenters. The molecule has 0 unspecified atom stereocenters. The van der Waals surface area contributed by atoms with Gasteiger partial charge in [-0.3, -0.25) is 9.63 Å². The Hall–Kier alpha value is -0.733. The third-order valence-corrected chi connectivity index (χ3v) is 12.7. The molecule has 1 aliphatic heterocycles. The van der Waals surface area contributed by atoms with Crippen LogP contribution in [-0.4, -0.2) is 59.4 Å². The molecular formula is C29H55NO5Si. The summed E-state index contributed by atoms with van der Waals surface area (Å²) in [5, 5.41) is 13.2. The number of aliphatic hydroxyl groups is 1. The maximum Gasteiger partial charge on any atom is 0.312 e. The van der Waals surface area contributed by atoms with Crippen LogP contribution in [0, 0.1) is 11.8 Å². The number of aliphatic hydroxyl groups excluding tert-OH is 1. The lowest BCUT2D eigenvalue weighted by Gasteiger charge is -2.52. The largest absolute Gasteiger partial charge is 0.460 e. The highest BCUT2D eigenvalue weighted by Gasteiger charge is 2.51. The van der Waals surface area contributed by atoms with Gasteiger partial charge in [0.25, 0.3) is 0 Å². The molecular weight excluding hydrogens is 470 g/mol. The average molecular weight is 526 g/mol. The number of piperidine rings is 1. The zero-order chi connectivity index (χ0) is 27.9. The zero-order valence-corrected chi connectivity index (χ0v) is 26.4. The number of ether oxygens (including phenoxy) is 1. The van der Waals surface area contributed by atoms with Gasteiger partial charge in [-0.05, 0) is 99.2 Å². The normalized spacial score (nSPS) is 30.5. The van der Waals surface area contributed by atoms with Gasteiger partial charge in [0.2, 0.25) is 0 Å². The van der Waals surface area contributed by atoms with Crippen LogP contribution in [-0.2, 0) is 18.8 Å². The number of hydrogen-bond donors (Lipinski definition) is 1. The van der Waals surface area contributed by atoms with E-state index in [4.69, 9.17) is 14.0 Å². The fourth-order valence-electron chi connectivity index (χ4n) is 5.39. The Kier molecular flexibility index (Phi) is 9.44. The quantitative estimate of drug-likeness (QED) is 0.228. The fraction of sp³-hybridized carbons (Fsp3) is 0.897. The molecule has 1 saturated carbocycles. The summed E-state index contributed by atoms with van der Waals surface area (Å²) in [5.74, 6) is -1.31. The minimum Gasteiger partial charge on any atom is -0.460 e. The summed E-state index contributed by atoms with van der Waals surface area (Å²) in [7, 11) is -2.12. The van der Waals surface area contributed by atoms with Gasteiger partial charge < -0.3 is 14.3 Å². The Balaban J connectivity index is 2.31. The fourth-order valence-corrected chi connectivity index (χ4v) is 6.75. The number of hydroxylamine groups is 2. The molecule has 1 saturated heterocycles. The molecule has 1 N–H and O–H groups in total. The number of hydrogen-bond acceptors (Lipinski definition) is 6. The van der Waals surface area contributed by atoms with Crippen molar-refractivity contribution in [2.24, 2.45) is 11.8 Å². The van der Waals surface area contributed by atoms with Gasteiger partial charge in [0.1, 0.15) is 5.60 Å². The highest BCUT2D eigenvalue weighted by molar-refractivity contribution is 6.74. The second-order valence-corrected chi connectivity index (χ2v) is 19.6. The van der Waals surface area contributed by atoms with E-state index < -0.39 is 25.9 Å². The standard InChI is InChI=1S/C29H55NO5Si/c1-20(34-30-28(8,9)17-14-18-29(30,10)11)15-16-21-23(35-36(12,13)27(5,6)7)19-22(31)24(21)25(32)33-26(2,3)4/h15-16,20-24,31H,14,17-19H2,1-13H3/b16-15+/t20-,21-,22-,23+,24-/m0/s1. The van der Waals surface area contributed by atoms with E-state index in [1.165, 1.54) is 6.42 Å². The number of carbonyl (C=O) groups excluding carboxylic acids is 1. The number of rotatable bonds is 7. The van der Waals surface area contributed by atoms with Crippen molar-refractivity contribution >= 4 is 14.3 Å². The monoisotopic (exact) mass is 525 g/mol. The summed E-state index contributed by atoms with van der Waals surface area (Å²) in [6, 6.07) is 0. The van der Waals surface area contributed by atoms with E-state index in [9.17, 15) is 9.90 Å². The van der Waals surface area contributed by atoms with E-state index in [1.807, 2.05) is 39.8 Å². The third kappa shape index (κ3) is 7.65. The Morgan fingerprint density at radius 3 is 2.06 bits per heavy atom. The van der Waals surface area contributed by atoms with Crippen molar-refractivity contribution in [3.8, 4) is 0 Å². The highest BCUT2D eigenvalue weighted by atomic mass is 28.4. The molecule has 6 nitrogen and oxygen atoms in total. The van der Waals surface area contributed by atoms with Gasteiger partial charge in [-0.15, -0.1) is 0 Å². The van der Waals surface area contributed by atoms with Crippen LogP contribution >= 0.6 is 0 Å². The molecule has 7 heteroatoms. The molecule has 2 aliphatic rings. The summed E-state index contributed by atoms with van der Waals surface area (Å²) in [5.41, 5.74) is -0.730. The lowest BCUT2D eigenvalue weighted by molar-refractivity contribution is -0.293. The van der Waals surface area contributed by atoms with Gasteiger partial charge in [-0.1, -0.05) is 32.9 Å². The summed E-state index contributed by atoms with van der Waals surface area (Å²) in [6.45, 7) is 27.6. The lowest BCUT2D eigenvalue weighted by atomic mass is 9.82. The van der Waals surface area contributed by atoms with Crippen molar-refractivity contribution in [3.63, 3.8) is 0 Å². The third-order valence-electron chi connectivity index (χ3n) is 8.22. The van der Waals surface area contributed by atoms with E-state index >= 15 is 0 Å². The molecule has 210 valence electrons. The van der Waals surface area contributed by atoms with Crippen LogP contribution in [0.3, 0.4) is 0 Å². The van der Waals surface area contributed by atoms with Gasteiger partial charge in [-0.2, -0.15) is 5.06 Å². The van der Waals surface area contributed by atoms with Crippen LogP contribution in [0.1, 0.15) is 102 Å². The van der Waals surface area contributed by atoms with Gasteiger partial charge in [-0.25, -0.2) is 0 Å². The van der Waals surface area contributed by atoms with E-state index in [2.05, 4.69) is 66.6 Å². The Bertz CT molecular complexity index is 776. The molecule has 0 aromatic heterocycles. The Labute approximate surface area is 222 Å². The average Bonchev–Trinajstić information content (AvgIpc) is 2.94. The van der Waals surface area contributed by atoms with Crippen molar-refractivity contribution < 1.29 is 23.9 Å². The lowest BCUT2D eigenvalue weighted by Crippen LogP contribution is -2.59. The van der Waals surface area contributed by atoms with Crippen molar-refractivity contribution in [1.82, 2.24) is 5.06 Å². The molecule has 1 aliphatic carbocycles. The van der Waals surface area contributed by atoms with Crippen LogP contribution in [0.4, 0.5) is 0 Å². The van der Waals surface area contributed by atoms with E-state index in [0.717, 1.165) is 12.8 Å². The Morgan fingerprint density at radius 1 is 1.06 bits per heavy atom. The minimum absolute atomic E-state index is 0.0258. The van der Waals surface area contributed by atoms with Crippen molar-refractivity contribution in [1.29, 1.82) is 0 Å². The topological polar surface area (TPSA) is 68.2 Å². The van der Waals surface area contributed by atoms with Crippen molar-refractivity contribution in [3.05, 3.63) is 12.2 Å². The molecule has 0 amide bonds. The minimum atomic E-state index is -2.12. The second-order valence-electron chi connectivity index (χ2n) is 14.8. The smallest absolute Gasteiger partial charge is 0.312 e. The summed E-state index contributed by atoms with van der Waals surface area (Å²) >= 11 is 0. The zero-order valence-electron chi connectivity index (χ0n) is 25.4. The maximum atomic E-state index is 13.2. The first-order valence-electron chi connectivity index (χ1n) is 13.8. The van der Waals surface area contributed by atoms with Crippen molar-refractivity contribution in [2.45, 2.75) is 155 Å². The van der Waals surface area contributed by atoms with E-state index in [-0.39, 0.29) is 40.2 Å². The van der Waals surface area contributed by atoms with Crippen LogP contribution in [0.5, 0.6) is 0 Å². The summed E-state index contributed by atoms with van der Waals surface area (Å²) < 4.78 is 12.5. The SMILES string of the molecule is C[C@@H](/C=C/[C@@H]1[C@H](C(=O)OC(C)(C)C)[C@@H](O)C[C@H]1O[Si](C)(C)C(C)(C)C)ON1C(C)(C)CCCC1(C)C. The van der Waals surface area contributed by atoms with Gasteiger partial charge >= 0.3 is 5.97 Å².